The molecule has 6 amide bonds. The first kappa shape index (κ1) is 71.4. The fraction of sp³-hybridized carbons (Fsp3) is 0.368. The minimum Gasteiger partial charge on any atom is -0.448 e. The van der Waals surface area contributed by atoms with Gasteiger partial charge in [0.15, 0.2) is 0 Å². The fourth-order valence-electron chi connectivity index (χ4n) is 13.4. The first-order chi connectivity index (χ1) is 49.6. The van der Waals surface area contributed by atoms with Gasteiger partial charge in [0.1, 0.15) is 50.6 Å². The molecule has 4 heterocycles. The minimum atomic E-state index is -1.23. The third kappa shape index (κ3) is 16.5. The third-order valence-electron chi connectivity index (χ3n) is 19.3. The lowest BCUT2D eigenvalue weighted by Crippen LogP contribution is -2.58. The van der Waals surface area contributed by atoms with E-state index in [0.29, 0.717) is 62.2 Å². The summed E-state index contributed by atoms with van der Waals surface area (Å²) in [6.45, 7) is 7.56. The topological polar surface area (TPSA) is 264 Å². The van der Waals surface area contributed by atoms with Crippen LogP contribution >= 0.6 is 23.5 Å². The Morgan fingerprint density at radius 3 is 1.21 bits per heavy atom. The molecule has 0 spiro atoms. The summed E-state index contributed by atoms with van der Waals surface area (Å²) in [7, 11) is 2.97. The van der Waals surface area contributed by atoms with Crippen LogP contribution in [0.15, 0.2) is 178 Å². The first-order valence-electron chi connectivity index (χ1n) is 34.2. The van der Waals surface area contributed by atoms with Crippen LogP contribution in [0, 0.1) is 23.7 Å². The molecule has 526 valence electrons. The van der Waals surface area contributed by atoms with Crippen molar-refractivity contribution in [2.45, 2.75) is 147 Å². The summed E-state index contributed by atoms with van der Waals surface area (Å²) in [5, 5.41) is 31.9. The van der Waals surface area contributed by atoms with E-state index in [2.05, 4.69) is 89.6 Å². The maximum Gasteiger partial charge on any atom is 0.410 e. The molecule has 2 aliphatic carbocycles. The molecule has 12 rings (SSSR count). The molecule has 0 saturated carbocycles. The molecule has 26 heteroatoms. The molecule has 2 unspecified atom stereocenters. The molecule has 6 aromatic carbocycles. The molecule has 2 aromatic heterocycles. The number of hydrogen-bond acceptors (Lipinski definition) is 18. The molecule has 0 bridgehead atoms. The number of tetrazole rings is 2. The number of fused-ring (bicyclic) bond motifs is 6. The van der Waals surface area contributed by atoms with Crippen LogP contribution in [0.4, 0.5) is 9.59 Å². The van der Waals surface area contributed by atoms with E-state index in [1.54, 1.807) is 46.9 Å². The molecule has 2 aliphatic heterocycles. The number of likely N-dealkylation sites (N-methyl/N-ethyl adjacent to an activating group) is 2. The molecule has 8 aromatic rings. The van der Waals surface area contributed by atoms with Crippen LogP contribution in [0.1, 0.15) is 87.5 Å². The Morgan fingerprint density at radius 2 is 0.843 bits per heavy atom. The standard InChI is InChI=1S/C76H80N14O10S2/c1-49(85(5)75(95)99-47-65-61-37-19-15-33-57(61)58-34-16-20-38-62(58)65)69(91)77-67(71(93)87-41-25-27-53(87)45-89-73(79-81-83-89)101-55-29-11-9-12-30-55)51(3)97-43-23-7-8-24-44-98-52(4)68(72(94)88-42-26-28-54(88)46-90-74(80-82-84-90)102-56-31-13-10-14-32-56)78-70(92)50(2)86(6)76(96)100-48-66-63-39-21-17-35-59(63)60-36-18-22-40-64(60)66/h9-22,29-40,49-54,65-68H,25-28,41-48H2,1-6H3,(H,77,91)(H,78,92)/t49-,50-,51+,52+,53-,54-,67?,68?/m0/s1. The second-order valence-corrected chi connectivity index (χ2v) is 27.6. The Balaban J connectivity index is 0.699. The van der Waals surface area contributed by atoms with E-state index >= 15 is 0 Å². The predicted molar refractivity (Wildman–Crippen MR) is 381 cm³/mol. The number of nitrogens with zero attached hydrogens (tertiary/aromatic N) is 12. The molecule has 0 radical (unpaired) electrons. The van der Waals surface area contributed by atoms with E-state index in [9.17, 15) is 28.8 Å². The van der Waals surface area contributed by atoms with E-state index in [1.807, 2.05) is 133 Å². The van der Waals surface area contributed by atoms with E-state index in [-0.39, 0.29) is 50.3 Å². The Labute approximate surface area is 600 Å². The maximum atomic E-state index is 15.0. The number of ether oxygens (including phenoxy) is 4. The second kappa shape index (κ2) is 33.4. The number of aromatic nitrogens is 8. The number of amides is 6. The highest BCUT2D eigenvalue weighted by molar-refractivity contribution is 7.99. The van der Waals surface area contributed by atoms with Gasteiger partial charge in [0.25, 0.3) is 0 Å². The van der Waals surface area contributed by atoms with Gasteiger partial charge in [-0.3, -0.25) is 29.0 Å². The van der Waals surface area contributed by atoms with Gasteiger partial charge in [-0.1, -0.05) is 145 Å². The van der Waals surface area contributed by atoms with Crippen molar-refractivity contribution >= 4 is 59.3 Å². The van der Waals surface area contributed by atoms with E-state index < -0.39 is 72.2 Å². The SMILES string of the molecule is C[C@@H](OCC#CC#CCO[C@H](C)C(NC(=O)[C@H](C)N(C)C(=O)OCC1c2ccccc2-c2ccccc21)C(=O)N1CCC[C@H]1Cn1nnnc1Sc1ccccc1)C(NC(=O)[C@H](C)N(C)C(=O)OCC1c2ccccc2-c2ccccc21)C(=O)N1CCC[C@H]1Cn1nnnc1Sc1ccccc1. The summed E-state index contributed by atoms with van der Waals surface area (Å²) in [5.74, 6) is 8.92. The molecule has 2 fully saturated rings. The molecular weight excluding hydrogens is 1330 g/mol. The lowest BCUT2D eigenvalue weighted by Gasteiger charge is -2.33. The van der Waals surface area contributed by atoms with Crippen LogP contribution in [-0.2, 0) is 51.2 Å². The zero-order valence-electron chi connectivity index (χ0n) is 57.5. The zero-order valence-corrected chi connectivity index (χ0v) is 59.2. The van der Waals surface area contributed by atoms with Crippen molar-refractivity contribution in [3.8, 4) is 45.9 Å². The Kier molecular flexibility index (Phi) is 23.4. The van der Waals surface area contributed by atoms with Gasteiger partial charge in [0, 0.05) is 48.8 Å². The molecule has 102 heavy (non-hydrogen) atoms. The van der Waals surface area contributed by atoms with Crippen LogP contribution in [0.2, 0.25) is 0 Å². The van der Waals surface area contributed by atoms with E-state index in [0.717, 1.165) is 54.3 Å². The quantitative estimate of drug-likeness (QED) is 0.0479. The van der Waals surface area contributed by atoms with Crippen molar-refractivity contribution < 1.29 is 47.7 Å². The van der Waals surface area contributed by atoms with Crippen LogP contribution in [-0.4, -0.2) is 198 Å². The maximum absolute atomic E-state index is 15.0. The highest BCUT2D eigenvalue weighted by Crippen LogP contribution is 2.46. The Hall–Kier alpha value is -10.4. The van der Waals surface area contributed by atoms with E-state index in [1.165, 1.54) is 47.4 Å². The van der Waals surface area contributed by atoms with Gasteiger partial charge < -0.3 is 39.4 Å². The fourth-order valence-corrected chi connectivity index (χ4v) is 15.0. The van der Waals surface area contributed by atoms with Crippen molar-refractivity contribution in [3.63, 3.8) is 0 Å². The normalized spacial score (nSPS) is 16.8. The summed E-state index contributed by atoms with van der Waals surface area (Å²) in [5.41, 5.74) is 8.52. The van der Waals surface area contributed by atoms with Gasteiger partial charge in [0.05, 0.1) is 37.4 Å². The highest BCUT2D eigenvalue weighted by atomic mass is 32.2. The van der Waals surface area contributed by atoms with Crippen molar-refractivity contribution in [3.05, 3.63) is 180 Å². The Bertz CT molecular complexity index is 4070. The van der Waals surface area contributed by atoms with Gasteiger partial charge in [-0.15, -0.1) is 10.2 Å². The summed E-state index contributed by atoms with van der Waals surface area (Å²) >= 11 is 2.81. The third-order valence-corrected chi connectivity index (χ3v) is 21.3. The largest absolute Gasteiger partial charge is 0.448 e. The Morgan fingerprint density at radius 1 is 0.500 bits per heavy atom. The molecule has 2 saturated heterocycles. The molecule has 8 atom stereocenters. The predicted octanol–water partition coefficient (Wildman–Crippen LogP) is 8.97. The summed E-state index contributed by atoms with van der Waals surface area (Å²) < 4.78 is 27.6. The average Bonchev–Trinajstić information content (AvgIpc) is 1.62. The van der Waals surface area contributed by atoms with Gasteiger partial charge in [-0.05, 0) is 178 Å². The van der Waals surface area contributed by atoms with Gasteiger partial charge >= 0.3 is 12.2 Å². The molecule has 2 N–H and O–H groups in total. The molecular formula is C76H80N14O10S2. The second-order valence-electron chi connectivity index (χ2n) is 25.6. The van der Waals surface area contributed by atoms with Crippen LogP contribution in [0.3, 0.4) is 0 Å². The first-order valence-corrected chi connectivity index (χ1v) is 35.8. The van der Waals surface area contributed by atoms with Crippen LogP contribution < -0.4 is 10.6 Å². The number of nitrogens with one attached hydrogen (secondary N) is 2. The lowest BCUT2D eigenvalue weighted by molar-refractivity contribution is -0.142. The molecule has 4 aliphatic rings. The number of carbonyl (C=O) groups is 6. The number of rotatable bonds is 26. The zero-order chi connectivity index (χ0) is 71.2. The van der Waals surface area contributed by atoms with Crippen molar-refractivity contribution in [2.75, 3.05) is 53.6 Å². The lowest BCUT2D eigenvalue weighted by atomic mass is 9.98. The monoisotopic (exact) mass is 1410 g/mol. The van der Waals surface area contributed by atoms with Crippen molar-refractivity contribution in [1.82, 2.24) is 70.6 Å². The van der Waals surface area contributed by atoms with Crippen molar-refractivity contribution in [2.24, 2.45) is 0 Å². The minimum absolute atomic E-state index is 0.0505. The van der Waals surface area contributed by atoms with Gasteiger partial charge in [-0.25, -0.2) is 19.0 Å². The number of carbonyl (C=O) groups excluding carboxylic acids is 6. The summed E-state index contributed by atoms with van der Waals surface area (Å²) in [4.78, 5) is 94.1. The number of benzene rings is 6. The average molecular weight is 1410 g/mol. The number of likely N-dealkylation sites (tertiary alicyclic amines) is 2. The van der Waals surface area contributed by atoms with E-state index in [4.69, 9.17) is 18.9 Å². The smallest absolute Gasteiger partial charge is 0.410 e. The highest BCUT2D eigenvalue weighted by Gasteiger charge is 2.42. The van der Waals surface area contributed by atoms with Gasteiger partial charge in [0.2, 0.25) is 33.9 Å². The molecule has 24 nitrogen and oxygen atoms in total. The van der Waals surface area contributed by atoms with Crippen LogP contribution in [0.5, 0.6) is 0 Å². The van der Waals surface area contributed by atoms with Crippen LogP contribution in [0.25, 0.3) is 22.3 Å². The number of hydrogen-bond donors (Lipinski definition) is 2. The van der Waals surface area contributed by atoms with Crippen molar-refractivity contribution in [1.29, 1.82) is 0 Å². The van der Waals surface area contributed by atoms with Gasteiger partial charge in [-0.2, -0.15) is 0 Å². The summed E-state index contributed by atoms with van der Waals surface area (Å²) in [6.07, 6.45) is -0.627. The summed E-state index contributed by atoms with van der Waals surface area (Å²) in [6, 6.07) is 46.2.